The monoisotopic (exact) mass is 353 g/mol. The second kappa shape index (κ2) is 7.42. The number of unbranched alkanes of at least 4 members (excludes halogenated alkanes) is 2. The van der Waals surface area contributed by atoms with E-state index in [1.165, 1.54) is 6.07 Å². The molecule has 0 aliphatic heterocycles. The van der Waals surface area contributed by atoms with Crippen molar-refractivity contribution >= 4 is 26.0 Å². The molecular formula is C12H20BrNO4S. The molecule has 7 heteroatoms. The van der Waals surface area contributed by atoms with Crippen molar-refractivity contribution < 1.29 is 17.9 Å². The van der Waals surface area contributed by atoms with E-state index in [0.717, 1.165) is 25.7 Å². The van der Waals surface area contributed by atoms with Crippen molar-refractivity contribution in [2.24, 2.45) is 0 Å². The number of halogens is 1. The van der Waals surface area contributed by atoms with Crippen molar-refractivity contribution in [2.45, 2.75) is 57.1 Å². The van der Waals surface area contributed by atoms with Crippen LogP contribution in [0, 0.1) is 0 Å². The Labute approximate surface area is 122 Å². The zero-order valence-corrected chi connectivity index (χ0v) is 13.6. The van der Waals surface area contributed by atoms with Gasteiger partial charge in [0.1, 0.15) is 17.3 Å². The van der Waals surface area contributed by atoms with Gasteiger partial charge >= 0.3 is 0 Å². The van der Waals surface area contributed by atoms with Gasteiger partial charge in [0.2, 0.25) is 10.0 Å². The van der Waals surface area contributed by atoms with Gasteiger partial charge in [0.05, 0.1) is 0 Å². The molecule has 0 aliphatic rings. The Hall–Kier alpha value is -0.370. The first kappa shape index (κ1) is 16.7. The summed E-state index contributed by atoms with van der Waals surface area (Å²) in [5, 5.41) is 8.94. The maximum absolute atomic E-state index is 12.1. The van der Waals surface area contributed by atoms with Crippen molar-refractivity contribution in [1.82, 2.24) is 4.72 Å². The van der Waals surface area contributed by atoms with Crippen molar-refractivity contribution in [3.63, 3.8) is 0 Å². The van der Waals surface area contributed by atoms with Crippen molar-refractivity contribution in [1.29, 1.82) is 0 Å². The number of nitrogens with one attached hydrogen (secondary N) is 1. The van der Waals surface area contributed by atoms with E-state index in [9.17, 15) is 8.42 Å². The van der Waals surface area contributed by atoms with E-state index in [1.54, 1.807) is 0 Å². The fourth-order valence-electron chi connectivity index (χ4n) is 1.75. The maximum atomic E-state index is 12.1. The molecule has 1 aromatic rings. The van der Waals surface area contributed by atoms with E-state index in [-0.39, 0.29) is 28.0 Å². The molecule has 0 aliphatic carbocycles. The average Bonchev–Trinajstić information content (AvgIpc) is 2.71. The molecule has 0 amide bonds. The van der Waals surface area contributed by atoms with Gasteiger partial charge in [-0.25, -0.2) is 13.1 Å². The summed E-state index contributed by atoms with van der Waals surface area (Å²) in [6, 6.07) is 1.20. The van der Waals surface area contributed by atoms with Crippen LogP contribution >= 0.6 is 15.9 Å². The van der Waals surface area contributed by atoms with E-state index in [1.807, 2.05) is 6.92 Å². The van der Waals surface area contributed by atoms with Crippen molar-refractivity contribution in [3.8, 4) is 0 Å². The van der Waals surface area contributed by atoms with Gasteiger partial charge in [0.15, 0.2) is 4.67 Å². The summed E-state index contributed by atoms with van der Waals surface area (Å²) >= 11 is 3.05. The lowest BCUT2D eigenvalue weighted by Gasteiger charge is -2.13. The van der Waals surface area contributed by atoms with Crippen LogP contribution in [0.25, 0.3) is 0 Å². The second-order valence-electron chi connectivity index (χ2n) is 4.53. The van der Waals surface area contributed by atoms with E-state index in [0.29, 0.717) is 0 Å². The van der Waals surface area contributed by atoms with Gasteiger partial charge in [0, 0.05) is 12.1 Å². The summed E-state index contributed by atoms with van der Waals surface area (Å²) in [5.41, 5.74) is 0. The third-order valence-electron chi connectivity index (χ3n) is 2.75. The van der Waals surface area contributed by atoms with Crippen LogP contribution in [0.4, 0.5) is 0 Å². The summed E-state index contributed by atoms with van der Waals surface area (Å²) in [6.07, 6.45) is 3.99. The first-order valence-electron chi connectivity index (χ1n) is 6.32. The molecule has 0 saturated heterocycles. The number of hydrogen-bond donors (Lipinski definition) is 2. The molecule has 0 radical (unpaired) electrons. The van der Waals surface area contributed by atoms with Crippen LogP contribution in [0.2, 0.25) is 0 Å². The van der Waals surface area contributed by atoms with Gasteiger partial charge < -0.3 is 9.52 Å². The molecule has 0 saturated carbocycles. The minimum atomic E-state index is -3.62. The zero-order valence-electron chi connectivity index (χ0n) is 11.1. The van der Waals surface area contributed by atoms with Crippen LogP contribution in [0.5, 0.6) is 0 Å². The summed E-state index contributed by atoms with van der Waals surface area (Å²) in [5.74, 6) is 0.214. The van der Waals surface area contributed by atoms with Gasteiger partial charge in [-0.1, -0.05) is 26.2 Å². The smallest absolute Gasteiger partial charge is 0.245 e. The number of hydrogen-bond acceptors (Lipinski definition) is 4. The summed E-state index contributed by atoms with van der Waals surface area (Å²) in [7, 11) is -3.62. The van der Waals surface area contributed by atoms with Crippen LogP contribution in [-0.4, -0.2) is 19.6 Å². The van der Waals surface area contributed by atoms with Gasteiger partial charge in [-0.15, -0.1) is 0 Å². The first-order chi connectivity index (χ1) is 8.90. The molecule has 0 spiro atoms. The topological polar surface area (TPSA) is 79.5 Å². The van der Waals surface area contributed by atoms with Crippen LogP contribution in [0.15, 0.2) is 20.0 Å². The largest absolute Gasteiger partial charge is 0.450 e. The second-order valence-corrected chi connectivity index (χ2v) is 6.93. The van der Waals surface area contributed by atoms with Crippen LogP contribution in [0.3, 0.4) is 0 Å². The average molecular weight is 354 g/mol. The Bertz CT molecular complexity index is 498. The highest BCUT2D eigenvalue weighted by Gasteiger charge is 2.23. The van der Waals surface area contributed by atoms with E-state index in [2.05, 4.69) is 27.6 Å². The zero-order chi connectivity index (χ0) is 14.5. The molecule has 1 aromatic heterocycles. The van der Waals surface area contributed by atoms with Crippen LogP contribution in [-0.2, 0) is 16.6 Å². The molecule has 1 atom stereocenters. The quantitative estimate of drug-likeness (QED) is 0.704. The molecule has 0 fully saturated rings. The van der Waals surface area contributed by atoms with Gasteiger partial charge in [-0.05, 0) is 29.3 Å². The lowest BCUT2D eigenvalue weighted by Crippen LogP contribution is -2.32. The summed E-state index contributed by atoms with van der Waals surface area (Å²) < 4.78 is 32.1. The minimum absolute atomic E-state index is 0.0268. The summed E-state index contributed by atoms with van der Waals surface area (Å²) in [6.45, 7) is 3.61. The van der Waals surface area contributed by atoms with Gasteiger partial charge in [-0.2, -0.15) is 0 Å². The Balaban J connectivity index is 2.72. The summed E-state index contributed by atoms with van der Waals surface area (Å²) in [4.78, 5) is 0.0268. The van der Waals surface area contributed by atoms with E-state index >= 15 is 0 Å². The lowest BCUT2D eigenvalue weighted by molar-refractivity contribution is 0.245. The first-order valence-corrected chi connectivity index (χ1v) is 8.59. The Morgan fingerprint density at radius 2 is 2.16 bits per heavy atom. The molecular weight excluding hydrogens is 334 g/mol. The molecule has 0 aromatic carbocycles. The van der Waals surface area contributed by atoms with Gasteiger partial charge in [0.25, 0.3) is 0 Å². The van der Waals surface area contributed by atoms with Crippen LogP contribution < -0.4 is 4.72 Å². The molecule has 5 nitrogen and oxygen atoms in total. The predicted molar refractivity (Wildman–Crippen MR) is 76.3 cm³/mol. The predicted octanol–water partition coefficient (Wildman–Crippen LogP) is 2.78. The SMILES string of the molecule is CCCCCC(C)NS(=O)(=O)c1cc(CO)oc1Br. The molecule has 1 rings (SSSR count). The highest BCUT2D eigenvalue weighted by molar-refractivity contribution is 9.10. The maximum Gasteiger partial charge on any atom is 0.245 e. The van der Waals surface area contributed by atoms with Crippen LogP contribution in [0.1, 0.15) is 45.3 Å². The number of sulfonamides is 1. The third-order valence-corrected chi connectivity index (χ3v) is 5.20. The fourth-order valence-corrected chi connectivity index (χ4v) is 4.02. The van der Waals surface area contributed by atoms with E-state index < -0.39 is 10.0 Å². The Morgan fingerprint density at radius 1 is 1.47 bits per heavy atom. The molecule has 110 valence electrons. The molecule has 19 heavy (non-hydrogen) atoms. The fraction of sp³-hybridized carbons (Fsp3) is 0.667. The van der Waals surface area contributed by atoms with Crippen molar-refractivity contribution in [3.05, 3.63) is 16.5 Å². The molecule has 2 N–H and O–H groups in total. The molecule has 0 bridgehead atoms. The number of rotatable bonds is 8. The minimum Gasteiger partial charge on any atom is -0.450 e. The number of aliphatic hydroxyl groups is 1. The van der Waals surface area contributed by atoms with E-state index in [4.69, 9.17) is 9.52 Å². The lowest BCUT2D eigenvalue weighted by atomic mass is 10.1. The molecule has 1 heterocycles. The van der Waals surface area contributed by atoms with Gasteiger partial charge in [-0.3, -0.25) is 0 Å². The highest BCUT2D eigenvalue weighted by Crippen LogP contribution is 2.26. The highest BCUT2D eigenvalue weighted by atomic mass is 79.9. The Kier molecular flexibility index (Phi) is 6.52. The normalized spacial score (nSPS) is 13.7. The standard InChI is InChI=1S/C12H20BrNO4S/c1-3-4-5-6-9(2)14-19(16,17)11-7-10(8-15)18-12(11)13/h7,9,14-15H,3-6,8H2,1-2H3. The number of furan rings is 1. The van der Waals surface area contributed by atoms with Crippen molar-refractivity contribution in [2.75, 3.05) is 0 Å². The molecule has 1 unspecified atom stereocenters. The third kappa shape index (κ3) is 4.91. The number of aliphatic hydroxyl groups excluding tert-OH is 1. The Morgan fingerprint density at radius 3 is 2.68 bits per heavy atom.